The molecule has 0 aliphatic heterocycles. The molecular formula is C18H14Cl2N2O4. The Labute approximate surface area is 159 Å². The van der Waals surface area contributed by atoms with Gasteiger partial charge in [0.1, 0.15) is 5.75 Å². The first-order chi connectivity index (χ1) is 12.5. The van der Waals surface area contributed by atoms with Crippen molar-refractivity contribution < 1.29 is 18.7 Å². The average molecular weight is 393 g/mol. The lowest BCUT2D eigenvalue weighted by Gasteiger charge is -2.10. The number of carbonyl (C=O) groups excluding carboxylic acids is 1. The second-order valence-electron chi connectivity index (χ2n) is 5.35. The van der Waals surface area contributed by atoms with Gasteiger partial charge in [0, 0.05) is 10.6 Å². The highest BCUT2D eigenvalue weighted by Crippen LogP contribution is 2.26. The number of halogens is 2. The molecule has 0 radical (unpaired) electrons. The molecule has 0 amide bonds. The lowest BCUT2D eigenvalue weighted by molar-refractivity contribution is 0.0280. The molecule has 0 spiro atoms. The Morgan fingerprint density at radius 1 is 1.12 bits per heavy atom. The maximum Gasteiger partial charge on any atom is 0.340 e. The molecule has 1 unspecified atom stereocenters. The number of rotatable bonds is 5. The number of esters is 1. The third-order valence-corrected chi connectivity index (χ3v) is 4.12. The average Bonchev–Trinajstić information content (AvgIpc) is 3.14. The Morgan fingerprint density at radius 2 is 1.85 bits per heavy atom. The quantitative estimate of drug-likeness (QED) is 0.570. The molecule has 6 nitrogen and oxygen atoms in total. The van der Waals surface area contributed by atoms with Crippen LogP contribution in [0.1, 0.15) is 29.3 Å². The lowest BCUT2D eigenvalue weighted by atomic mass is 10.2. The maximum atomic E-state index is 12.3. The van der Waals surface area contributed by atoms with Crippen molar-refractivity contribution in [1.29, 1.82) is 0 Å². The van der Waals surface area contributed by atoms with Gasteiger partial charge in [0.2, 0.25) is 5.89 Å². The summed E-state index contributed by atoms with van der Waals surface area (Å²) >= 11 is 11.9. The number of hydrogen-bond acceptors (Lipinski definition) is 6. The summed E-state index contributed by atoms with van der Waals surface area (Å²) in [4.78, 5) is 12.3. The summed E-state index contributed by atoms with van der Waals surface area (Å²) in [5.74, 6) is 0.567. The van der Waals surface area contributed by atoms with Crippen LogP contribution in [-0.2, 0) is 4.74 Å². The highest BCUT2D eigenvalue weighted by Gasteiger charge is 2.21. The van der Waals surface area contributed by atoms with Crippen LogP contribution in [0.2, 0.25) is 10.0 Å². The van der Waals surface area contributed by atoms with E-state index < -0.39 is 12.1 Å². The predicted molar refractivity (Wildman–Crippen MR) is 96.6 cm³/mol. The number of hydrogen-bond donors (Lipinski definition) is 0. The second-order valence-corrected chi connectivity index (χ2v) is 6.19. The summed E-state index contributed by atoms with van der Waals surface area (Å²) in [6, 6.07) is 11.7. The molecule has 0 saturated heterocycles. The molecule has 0 fully saturated rings. The Morgan fingerprint density at radius 3 is 2.54 bits per heavy atom. The van der Waals surface area contributed by atoms with Crippen LogP contribution in [0.15, 0.2) is 46.9 Å². The van der Waals surface area contributed by atoms with E-state index in [0.717, 1.165) is 5.56 Å². The maximum absolute atomic E-state index is 12.3. The Balaban J connectivity index is 1.74. The largest absolute Gasteiger partial charge is 0.497 e. The molecule has 0 saturated carbocycles. The lowest BCUT2D eigenvalue weighted by Crippen LogP contribution is -2.10. The van der Waals surface area contributed by atoms with Crippen molar-refractivity contribution in [2.24, 2.45) is 0 Å². The SMILES string of the molecule is COc1ccc(-c2nnc(C(C)OC(=O)c3cc(Cl)ccc3Cl)o2)cc1. The summed E-state index contributed by atoms with van der Waals surface area (Å²) in [5.41, 5.74) is 0.891. The van der Waals surface area contributed by atoms with Crippen molar-refractivity contribution in [3.05, 3.63) is 64.0 Å². The van der Waals surface area contributed by atoms with E-state index in [4.69, 9.17) is 37.1 Å². The minimum absolute atomic E-state index is 0.168. The second kappa shape index (κ2) is 7.76. The molecule has 26 heavy (non-hydrogen) atoms. The van der Waals surface area contributed by atoms with Gasteiger partial charge >= 0.3 is 5.97 Å². The van der Waals surface area contributed by atoms with Gasteiger partial charge in [0.05, 0.1) is 17.7 Å². The first kappa shape index (κ1) is 18.2. The summed E-state index contributed by atoms with van der Waals surface area (Å²) in [6.07, 6.45) is -0.753. The molecule has 3 aromatic rings. The Kier molecular flexibility index (Phi) is 5.44. The van der Waals surface area contributed by atoms with Crippen molar-refractivity contribution in [1.82, 2.24) is 10.2 Å². The summed E-state index contributed by atoms with van der Waals surface area (Å²) in [6.45, 7) is 1.63. The van der Waals surface area contributed by atoms with Gasteiger partial charge in [-0.2, -0.15) is 0 Å². The van der Waals surface area contributed by atoms with E-state index in [-0.39, 0.29) is 16.5 Å². The summed E-state index contributed by atoms with van der Waals surface area (Å²) < 4.78 is 16.1. The fourth-order valence-corrected chi connectivity index (χ4v) is 2.54. The molecule has 0 N–H and O–H groups in total. The van der Waals surface area contributed by atoms with Crippen LogP contribution < -0.4 is 4.74 Å². The van der Waals surface area contributed by atoms with Gasteiger partial charge in [0.15, 0.2) is 6.10 Å². The van der Waals surface area contributed by atoms with E-state index in [2.05, 4.69) is 10.2 Å². The van der Waals surface area contributed by atoms with Crippen LogP contribution in [-0.4, -0.2) is 23.3 Å². The molecule has 134 valence electrons. The summed E-state index contributed by atoms with van der Waals surface area (Å²) in [5, 5.41) is 8.55. The van der Waals surface area contributed by atoms with E-state index in [1.807, 2.05) is 0 Å². The molecule has 8 heteroatoms. The molecular weight excluding hydrogens is 379 g/mol. The van der Waals surface area contributed by atoms with Crippen LogP contribution in [0.3, 0.4) is 0 Å². The standard InChI is InChI=1S/C18H14Cl2N2O4/c1-10(25-18(23)14-9-12(19)5-8-15(14)20)16-21-22-17(26-16)11-3-6-13(24-2)7-4-11/h3-10H,1-2H3. The third kappa shape index (κ3) is 3.98. The van der Waals surface area contributed by atoms with Crippen LogP contribution in [0, 0.1) is 0 Å². The number of ether oxygens (including phenoxy) is 2. The van der Waals surface area contributed by atoms with Gasteiger partial charge in [-0.15, -0.1) is 10.2 Å². The van der Waals surface area contributed by atoms with Gasteiger partial charge in [0.25, 0.3) is 5.89 Å². The smallest absolute Gasteiger partial charge is 0.340 e. The van der Waals surface area contributed by atoms with Gasteiger partial charge in [-0.1, -0.05) is 23.2 Å². The van der Waals surface area contributed by atoms with Gasteiger partial charge in [-0.3, -0.25) is 0 Å². The zero-order chi connectivity index (χ0) is 18.7. The third-order valence-electron chi connectivity index (χ3n) is 3.56. The van der Waals surface area contributed by atoms with E-state index in [1.54, 1.807) is 44.4 Å². The van der Waals surface area contributed by atoms with Crippen LogP contribution in [0.25, 0.3) is 11.5 Å². The molecule has 2 aromatic carbocycles. The van der Waals surface area contributed by atoms with Gasteiger partial charge < -0.3 is 13.9 Å². The number of carbonyl (C=O) groups is 1. The number of benzene rings is 2. The van der Waals surface area contributed by atoms with E-state index >= 15 is 0 Å². The zero-order valence-electron chi connectivity index (χ0n) is 13.9. The molecule has 3 rings (SSSR count). The highest BCUT2D eigenvalue weighted by molar-refractivity contribution is 6.35. The van der Waals surface area contributed by atoms with Crippen LogP contribution >= 0.6 is 23.2 Å². The molecule has 0 bridgehead atoms. The number of aromatic nitrogens is 2. The van der Waals surface area contributed by atoms with Crippen molar-refractivity contribution in [2.75, 3.05) is 7.11 Å². The molecule has 1 heterocycles. The van der Waals surface area contributed by atoms with Crippen LogP contribution in [0.5, 0.6) is 5.75 Å². The zero-order valence-corrected chi connectivity index (χ0v) is 15.4. The Hall–Kier alpha value is -2.57. The molecule has 1 atom stereocenters. The first-order valence-corrected chi connectivity index (χ1v) is 8.37. The fourth-order valence-electron chi connectivity index (χ4n) is 2.18. The summed E-state index contributed by atoms with van der Waals surface area (Å²) in [7, 11) is 1.59. The normalized spacial score (nSPS) is 11.8. The first-order valence-electron chi connectivity index (χ1n) is 7.62. The highest BCUT2D eigenvalue weighted by atomic mass is 35.5. The Bertz CT molecular complexity index is 925. The van der Waals surface area contributed by atoms with Crippen molar-refractivity contribution in [2.45, 2.75) is 13.0 Å². The number of methoxy groups -OCH3 is 1. The van der Waals surface area contributed by atoms with Crippen LogP contribution in [0.4, 0.5) is 0 Å². The van der Waals surface area contributed by atoms with Gasteiger partial charge in [-0.05, 0) is 49.4 Å². The van der Waals surface area contributed by atoms with Gasteiger partial charge in [-0.25, -0.2) is 4.79 Å². The van der Waals surface area contributed by atoms with Crippen molar-refractivity contribution in [3.63, 3.8) is 0 Å². The van der Waals surface area contributed by atoms with Crippen molar-refractivity contribution >= 4 is 29.2 Å². The van der Waals surface area contributed by atoms with E-state index in [0.29, 0.717) is 16.7 Å². The number of nitrogens with zero attached hydrogens (tertiary/aromatic N) is 2. The minimum atomic E-state index is -0.753. The molecule has 0 aliphatic rings. The minimum Gasteiger partial charge on any atom is -0.497 e. The fraction of sp³-hybridized carbons (Fsp3) is 0.167. The monoisotopic (exact) mass is 392 g/mol. The van der Waals surface area contributed by atoms with E-state index in [9.17, 15) is 4.79 Å². The predicted octanol–water partition coefficient (Wildman–Crippen LogP) is 4.97. The van der Waals surface area contributed by atoms with E-state index in [1.165, 1.54) is 12.1 Å². The topological polar surface area (TPSA) is 74.5 Å². The molecule has 1 aromatic heterocycles. The molecule has 0 aliphatic carbocycles. The van der Waals surface area contributed by atoms with Crippen molar-refractivity contribution in [3.8, 4) is 17.2 Å².